The van der Waals surface area contributed by atoms with Gasteiger partial charge >= 0.3 is 0 Å². The van der Waals surface area contributed by atoms with Crippen LogP contribution in [0.25, 0.3) is 0 Å². The topological polar surface area (TPSA) is 73.6 Å². The van der Waals surface area contributed by atoms with E-state index in [4.69, 9.17) is 0 Å². The molecule has 110 valence electrons. The van der Waals surface area contributed by atoms with Crippen molar-refractivity contribution in [2.45, 2.75) is 5.92 Å². The van der Waals surface area contributed by atoms with E-state index in [1.54, 1.807) is 54.6 Å². The van der Waals surface area contributed by atoms with Crippen LogP contribution in [0.1, 0.15) is 22.6 Å². The highest BCUT2D eigenvalue weighted by atomic mass is 16.3. The van der Waals surface area contributed by atoms with Gasteiger partial charge in [0.05, 0.1) is 0 Å². The number of phenols is 2. The van der Waals surface area contributed by atoms with Gasteiger partial charge in [0, 0.05) is 17.7 Å². The van der Waals surface area contributed by atoms with Gasteiger partial charge in [0.2, 0.25) is 5.88 Å². The normalized spacial score (nSPS) is 10.8. The first-order chi connectivity index (χ1) is 10.6. The van der Waals surface area contributed by atoms with Crippen LogP contribution in [0.2, 0.25) is 0 Å². The summed E-state index contributed by atoms with van der Waals surface area (Å²) in [5.41, 5.74) is 2.48. The Morgan fingerprint density at radius 2 is 1.18 bits per heavy atom. The molecular weight excluding hydrogens is 278 g/mol. The lowest BCUT2D eigenvalue weighted by Gasteiger charge is -2.19. The minimum absolute atomic E-state index is 0.0337. The Labute approximate surface area is 128 Å². The zero-order valence-corrected chi connectivity index (χ0v) is 11.7. The van der Waals surface area contributed by atoms with Crippen molar-refractivity contribution in [3.8, 4) is 17.4 Å². The predicted octanol–water partition coefficient (Wildman–Crippen LogP) is 3.38. The molecule has 3 N–H and O–H groups in total. The molecule has 0 radical (unpaired) electrons. The van der Waals surface area contributed by atoms with Crippen LogP contribution >= 0.6 is 0 Å². The number of phenolic OH excluding ortho intramolecular Hbond substituents is 2. The van der Waals surface area contributed by atoms with Crippen LogP contribution in [0.5, 0.6) is 17.4 Å². The lowest BCUT2D eigenvalue weighted by molar-refractivity contribution is 0.445. The fourth-order valence-corrected chi connectivity index (χ4v) is 2.52. The largest absolute Gasteiger partial charge is 0.508 e. The molecule has 0 aliphatic heterocycles. The molecule has 0 aliphatic carbocycles. The van der Waals surface area contributed by atoms with Gasteiger partial charge in [0.1, 0.15) is 11.5 Å². The van der Waals surface area contributed by atoms with Gasteiger partial charge in [0.25, 0.3) is 0 Å². The SMILES string of the molecule is Oc1ccc(C(c2ccc(O)cc2)c2cccnc2O)cc1. The molecule has 1 aromatic heterocycles. The van der Waals surface area contributed by atoms with E-state index in [0.717, 1.165) is 11.1 Å². The number of aromatic nitrogens is 1. The Morgan fingerprint density at radius 1 is 0.682 bits per heavy atom. The first-order valence-corrected chi connectivity index (χ1v) is 6.87. The van der Waals surface area contributed by atoms with Crippen LogP contribution in [0, 0.1) is 0 Å². The second kappa shape index (κ2) is 5.77. The minimum Gasteiger partial charge on any atom is -0.508 e. The molecule has 0 bridgehead atoms. The molecule has 0 saturated carbocycles. The van der Waals surface area contributed by atoms with Gasteiger partial charge in [-0.2, -0.15) is 0 Å². The van der Waals surface area contributed by atoms with Gasteiger partial charge in [-0.05, 0) is 41.5 Å². The molecule has 4 heteroatoms. The molecule has 0 aliphatic rings. The number of hydrogen-bond acceptors (Lipinski definition) is 4. The van der Waals surface area contributed by atoms with Crippen molar-refractivity contribution in [3.05, 3.63) is 83.6 Å². The maximum Gasteiger partial charge on any atom is 0.214 e. The summed E-state index contributed by atoms with van der Waals surface area (Å²) in [5.74, 6) is 0.0933. The average Bonchev–Trinajstić information content (AvgIpc) is 2.53. The Morgan fingerprint density at radius 3 is 1.64 bits per heavy atom. The summed E-state index contributed by atoms with van der Waals surface area (Å²) < 4.78 is 0. The van der Waals surface area contributed by atoms with Crippen LogP contribution in [-0.2, 0) is 0 Å². The van der Waals surface area contributed by atoms with E-state index in [9.17, 15) is 15.3 Å². The lowest BCUT2D eigenvalue weighted by atomic mass is 9.85. The zero-order valence-electron chi connectivity index (χ0n) is 11.7. The van der Waals surface area contributed by atoms with Gasteiger partial charge in [-0.25, -0.2) is 4.98 Å². The van der Waals surface area contributed by atoms with Crippen molar-refractivity contribution < 1.29 is 15.3 Å². The maximum atomic E-state index is 10.1. The second-order valence-corrected chi connectivity index (χ2v) is 5.03. The van der Waals surface area contributed by atoms with Gasteiger partial charge in [-0.1, -0.05) is 30.3 Å². The molecule has 3 rings (SSSR count). The van der Waals surface area contributed by atoms with E-state index < -0.39 is 0 Å². The third-order valence-corrected chi connectivity index (χ3v) is 3.58. The highest BCUT2D eigenvalue weighted by Gasteiger charge is 2.20. The zero-order chi connectivity index (χ0) is 15.5. The van der Waals surface area contributed by atoms with Gasteiger partial charge in [-0.15, -0.1) is 0 Å². The fourth-order valence-electron chi connectivity index (χ4n) is 2.52. The van der Waals surface area contributed by atoms with Gasteiger partial charge < -0.3 is 15.3 Å². The van der Waals surface area contributed by atoms with Crippen molar-refractivity contribution in [1.82, 2.24) is 4.98 Å². The quantitative estimate of drug-likeness (QED) is 0.692. The Hall–Kier alpha value is -3.01. The molecule has 3 aromatic rings. The number of nitrogens with zero attached hydrogens (tertiary/aromatic N) is 1. The summed E-state index contributed by atoms with van der Waals surface area (Å²) in [6.07, 6.45) is 1.53. The summed E-state index contributed by atoms with van der Waals surface area (Å²) in [7, 11) is 0. The monoisotopic (exact) mass is 293 g/mol. The summed E-state index contributed by atoms with van der Waals surface area (Å²) in [4.78, 5) is 3.94. The number of pyridine rings is 1. The summed E-state index contributed by atoms with van der Waals surface area (Å²) in [5, 5.41) is 29.1. The Kier molecular flexibility index (Phi) is 3.66. The van der Waals surface area contributed by atoms with Crippen molar-refractivity contribution in [2.75, 3.05) is 0 Å². The number of rotatable bonds is 3. The summed E-state index contributed by atoms with van der Waals surface area (Å²) in [6.45, 7) is 0. The van der Waals surface area contributed by atoms with Crippen LogP contribution < -0.4 is 0 Å². The molecule has 0 unspecified atom stereocenters. The number of aromatic hydroxyl groups is 3. The van der Waals surface area contributed by atoms with Crippen LogP contribution in [0.4, 0.5) is 0 Å². The van der Waals surface area contributed by atoms with E-state index >= 15 is 0 Å². The molecule has 1 heterocycles. The first kappa shape index (κ1) is 13.9. The highest BCUT2D eigenvalue weighted by Crippen LogP contribution is 2.36. The third kappa shape index (κ3) is 2.72. The highest BCUT2D eigenvalue weighted by molar-refractivity contribution is 5.47. The molecule has 0 saturated heterocycles. The van der Waals surface area contributed by atoms with Gasteiger partial charge in [-0.3, -0.25) is 0 Å². The smallest absolute Gasteiger partial charge is 0.214 e. The van der Waals surface area contributed by atoms with E-state index in [2.05, 4.69) is 4.98 Å². The Bertz CT molecular complexity index is 722. The van der Waals surface area contributed by atoms with Crippen molar-refractivity contribution in [2.24, 2.45) is 0 Å². The molecular formula is C18H15NO3. The first-order valence-electron chi connectivity index (χ1n) is 6.87. The molecule has 2 aromatic carbocycles. The van der Waals surface area contributed by atoms with Crippen LogP contribution in [0.3, 0.4) is 0 Å². The summed E-state index contributed by atoms with van der Waals surface area (Å²) in [6, 6.07) is 17.2. The Balaban J connectivity index is 2.16. The standard InChI is InChI=1S/C18H15NO3/c20-14-7-3-12(4-8-14)17(13-5-9-15(21)10-6-13)16-2-1-11-19-18(16)22/h1-11,17,20-21H,(H,19,22). The number of benzene rings is 2. The molecule has 4 nitrogen and oxygen atoms in total. The molecule has 0 fully saturated rings. The predicted molar refractivity (Wildman–Crippen MR) is 83.1 cm³/mol. The second-order valence-electron chi connectivity index (χ2n) is 5.03. The molecule has 0 amide bonds. The summed E-state index contributed by atoms with van der Waals surface area (Å²) >= 11 is 0. The van der Waals surface area contributed by atoms with Crippen molar-refractivity contribution in [3.63, 3.8) is 0 Å². The van der Waals surface area contributed by atoms with E-state index in [-0.39, 0.29) is 23.3 Å². The fraction of sp³-hybridized carbons (Fsp3) is 0.0556. The van der Waals surface area contributed by atoms with Gasteiger partial charge in [0.15, 0.2) is 0 Å². The van der Waals surface area contributed by atoms with E-state index in [1.807, 2.05) is 6.07 Å². The molecule has 0 spiro atoms. The third-order valence-electron chi connectivity index (χ3n) is 3.58. The number of hydrogen-bond donors (Lipinski definition) is 3. The molecule has 0 atom stereocenters. The lowest BCUT2D eigenvalue weighted by Crippen LogP contribution is -2.04. The molecule has 22 heavy (non-hydrogen) atoms. The minimum atomic E-state index is -0.241. The van der Waals surface area contributed by atoms with E-state index in [0.29, 0.717) is 5.56 Å². The van der Waals surface area contributed by atoms with E-state index in [1.165, 1.54) is 6.20 Å². The van der Waals surface area contributed by atoms with Crippen LogP contribution in [-0.4, -0.2) is 20.3 Å². The van der Waals surface area contributed by atoms with Crippen LogP contribution in [0.15, 0.2) is 66.9 Å². The maximum absolute atomic E-state index is 10.1. The average molecular weight is 293 g/mol. The van der Waals surface area contributed by atoms with Crippen molar-refractivity contribution in [1.29, 1.82) is 0 Å². The van der Waals surface area contributed by atoms with Crippen molar-refractivity contribution >= 4 is 0 Å².